The molecule has 2 N–H and O–H groups in total. The van der Waals surface area contributed by atoms with Crippen molar-refractivity contribution in [2.45, 2.75) is 0 Å². The number of carbonyl (C=O) groups is 2. The zero-order chi connectivity index (χ0) is 9.71. The monoisotopic (exact) mass is 190 g/mol. The van der Waals surface area contributed by atoms with Crippen LogP contribution in [-0.2, 0) is 0 Å². The molecule has 0 spiro atoms. The summed E-state index contributed by atoms with van der Waals surface area (Å²) in [6, 6.07) is 0. The van der Waals surface area contributed by atoms with Gasteiger partial charge >= 0.3 is 0 Å². The highest BCUT2D eigenvalue weighted by Crippen LogP contribution is 2.20. The molecule has 0 saturated carbocycles. The van der Waals surface area contributed by atoms with Gasteiger partial charge < -0.3 is 0 Å². The first-order chi connectivity index (χ1) is 6.79. The van der Waals surface area contributed by atoms with Gasteiger partial charge in [0.05, 0.1) is 0 Å². The van der Waals surface area contributed by atoms with Gasteiger partial charge in [-0.1, -0.05) is 10.4 Å². The first-order valence-electron chi connectivity index (χ1n) is 3.70. The predicted molar refractivity (Wildman–Crippen MR) is 39.6 cm³/mol. The number of H-pyrrole nitrogens is 2. The number of hydrogen-bond acceptors (Lipinski definition) is 6. The Morgan fingerprint density at radius 2 is 1.21 bits per heavy atom. The van der Waals surface area contributed by atoms with Crippen LogP contribution in [0.15, 0.2) is 0 Å². The number of nitrogens with one attached hydrogen (secondary N) is 2. The lowest BCUT2D eigenvalue weighted by Gasteiger charge is -2.03. The fraction of sp³-hybridized carbons (Fsp3) is 0. The van der Waals surface area contributed by atoms with Gasteiger partial charge in [0.15, 0.2) is 11.4 Å². The van der Waals surface area contributed by atoms with E-state index in [1.807, 2.05) is 0 Å². The van der Waals surface area contributed by atoms with Crippen molar-refractivity contribution in [2.75, 3.05) is 0 Å². The summed E-state index contributed by atoms with van der Waals surface area (Å²) >= 11 is 0. The van der Waals surface area contributed by atoms with E-state index in [-0.39, 0.29) is 22.8 Å². The van der Waals surface area contributed by atoms with Crippen molar-refractivity contribution in [2.24, 2.45) is 0 Å². The lowest BCUT2D eigenvalue weighted by atomic mass is 10.00. The molecule has 8 nitrogen and oxygen atoms in total. The highest BCUT2D eigenvalue weighted by molar-refractivity contribution is 6.25. The molecule has 0 fully saturated rings. The van der Waals surface area contributed by atoms with Crippen LogP contribution in [0.2, 0.25) is 0 Å². The Labute approximate surface area is 75.7 Å². The van der Waals surface area contributed by atoms with Crippen LogP contribution in [0.5, 0.6) is 0 Å². The summed E-state index contributed by atoms with van der Waals surface area (Å²) < 4.78 is 0. The molecule has 2 aromatic rings. The van der Waals surface area contributed by atoms with Crippen molar-refractivity contribution in [1.29, 1.82) is 0 Å². The van der Waals surface area contributed by atoms with Crippen LogP contribution in [0.1, 0.15) is 32.4 Å². The average molecular weight is 190 g/mol. The van der Waals surface area contributed by atoms with Crippen molar-refractivity contribution < 1.29 is 9.59 Å². The van der Waals surface area contributed by atoms with Gasteiger partial charge in [-0.3, -0.25) is 19.8 Å². The summed E-state index contributed by atoms with van der Waals surface area (Å²) in [5.41, 5.74) is 0.148. The number of hydrogen-bond donors (Lipinski definition) is 2. The average Bonchev–Trinajstić information content (AvgIpc) is 2.82. The topological polar surface area (TPSA) is 117 Å². The van der Waals surface area contributed by atoms with E-state index in [1.165, 1.54) is 0 Å². The third kappa shape index (κ3) is 0.632. The molecule has 2 aromatic heterocycles. The Morgan fingerprint density at radius 1 is 0.786 bits per heavy atom. The van der Waals surface area contributed by atoms with Crippen LogP contribution in [0.3, 0.4) is 0 Å². The Hall–Kier alpha value is -2.38. The Kier molecular flexibility index (Phi) is 1.06. The molecule has 1 aliphatic rings. The minimum Gasteiger partial charge on any atom is -0.285 e. The van der Waals surface area contributed by atoms with Crippen molar-refractivity contribution in [3.05, 3.63) is 22.8 Å². The number of aromatic nitrogens is 6. The highest BCUT2D eigenvalue weighted by atomic mass is 16.1. The summed E-state index contributed by atoms with van der Waals surface area (Å²) in [5.74, 6) is -0.846. The van der Waals surface area contributed by atoms with Gasteiger partial charge in [0, 0.05) is 0 Å². The Morgan fingerprint density at radius 3 is 1.64 bits per heavy atom. The predicted octanol–water partition coefficient (Wildman–Crippen LogP) is -1.30. The summed E-state index contributed by atoms with van der Waals surface area (Å²) in [4.78, 5) is 23.2. The molecule has 0 aliphatic heterocycles. The molecular weight excluding hydrogens is 188 g/mol. The summed E-state index contributed by atoms with van der Waals surface area (Å²) in [6.45, 7) is 0. The number of aromatic amines is 2. The highest BCUT2D eigenvalue weighted by Gasteiger charge is 2.35. The third-order valence-corrected chi connectivity index (χ3v) is 1.98. The van der Waals surface area contributed by atoms with E-state index in [9.17, 15) is 9.59 Å². The molecule has 1 aliphatic carbocycles. The zero-order valence-corrected chi connectivity index (χ0v) is 6.61. The fourth-order valence-electron chi connectivity index (χ4n) is 1.33. The molecule has 8 heteroatoms. The second-order valence-electron chi connectivity index (χ2n) is 2.73. The lowest BCUT2D eigenvalue weighted by molar-refractivity contribution is 0.0969. The zero-order valence-electron chi connectivity index (χ0n) is 6.61. The number of ketones is 2. The molecule has 0 radical (unpaired) electrons. The van der Waals surface area contributed by atoms with Crippen LogP contribution in [-0.4, -0.2) is 42.4 Å². The fourth-order valence-corrected chi connectivity index (χ4v) is 1.33. The molecule has 3 rings (SSSR count). The summed E-state index contributed by atoms with van der Waals surface area (Å²) in [7, 11) is 0. The normalized spacial score (nSPS) is 14.0. The van der Waals surface area contributed by atoms with E-state index in [0.29, 0.717) is 0 Å². The third-order valence-electron chi connectivity index (χ3n) is 1.98. The smallest absolute Gasteiger partial charge is 0.235 e. The first-order valence-corrected chi connectivity index (χ1v) is 3.70. The standard InChI is InChI=1S/C6H2N6O2/c13-5-1-2(8-11-7-1)6(14)4-3(5)9-12-10-4/h(H,7,8,11)(H,9,10,12). The first kappa shape index (κ1) is 7.06. The van der Waals surface area contributed by atoms with Crippen molar-refractivity contribution >= 4 is 11.6 Å². The van der Waals surface area contributed by atoms with Crippen LogP contribution in [0, 0.1) is 0 Å². The maximum absolute atomic E-state index is 11.6. The largest absolute Gasteiger partial charge is 0.285 e. The van der Waals surface area contributed by atoms with Gasteiger partial charge in [-0.15, -0.1) is 10.2 Å². The Bertz CT molecular complexity index is 461. The van der Waals surface area contributed by atoms with Crippen LogP contribution < -0.4 is 0 Å². The molecule has 0 unspecified atom stereocenters. The number of nitrogens with zero attached hydrogens (tertiary/aromatic N) is 4. The van der Waals surface area contributed by atoms with Gasteiger partial charge in [0.25, 0.3) is 0 Å². The van der Waals surface area contributed by atoms with E-state index in [4.69, 9.17) is 0 Å². The number of fused-ring (bicyclic) bond motifs is 2. The second-order valence-corrected chi connectivity index (χ2v) is 2.73. The number of rotatable bonds is 0. The summed E-state index contributed by atoms with van der Waals surface area (Å²) in [6.07, 6.45) is 0. The van der Waals surface area contributed by atoms with Gasteiger partial charge in [-0.2, -0.15) is 0 Å². The quantitative estimate of drug-likeness (QED) is 0.454. The molecular formula is C6H2N6O2. The maximum atomic E-state index is 11.6. The van der Waals surface area contributed by atoms with E-state index >= 15 is 0 Å². The van der Waals surface area contributed by atoms with E-state index < -0.39 is 11.6 Å². The van der Waals surface area contributed by atoms with Gasteiger partial charge in [0.1, 0.15) is 11.4 Å². The maximum Gasteiger partial charge on any atom is 0.235 e. The summed E-state index contributed by atoms with van der Waals surface area (Å²) in [5, 5.41) is 18.5. The van der Waals surface area contributed by atoms with Crippen LogP contribution in [0.4, 0.5) is 0 Å². The van der Waals surface area contributed by atoms with Crippen molar-refractivity contribution in [3.63, 3.8) is 0 Å². The molecule has 2 heterocycles. The van der Waals surface area contributed by atoms with Gasteiger partial charge in [-0.25, -0.2) is 0 Å². The minimum absolute atomic E-state index is 0.00792. The van der Waals surface area contributed by atoms with E-state index in [1.54, 1.807) is 0 Å². The lowest BCUT2D eigenvalue weighted by Crippen LogP contribution is -2.20. The number of carbonyl (C=O) groups excluding carboxylic acids is 2. The molecule has 68 valence electrons. The van der Waals surface area contributed by atoms with Crippen LogP contribution >= 0.6 is 0 Å². The Balaban J connectivity index is 2.37. The second kappa shape index (κ2) is 2.10. The molecule has 14 heavy (non-hydrogen) atoms. The van der Waals surface area contributed by atoms with Crippen molar-refractivity contribution in [1.82, 2.24) is 30.8 Å². The minimum atomic E-state index is -0.423. The molecule has 0 bridgehead atoms. The SMILES string of the molecule is O=C1c2nn[nH]c2C(=O)c2nn[nH]c21. The van der Waals surface area contributed by atoms with Gasteiger partial charge in [-0.05, 0) is 0 Å². The van der Waals surface area contributed by atoms with Crippen LogP contribution in [0.25, 0.3) is 0 Å². The molecule has 0 amide bonds. The molecule has 0 aromatic carbocycles. The van der Waals surface area contributed by atoms with E-state index in [2.05, 4.69) is 30.8 Å². The van der Waals surface area contributed by atoms with Crippen molar-refractivity contribution in [3.8, 4) is 0 Å². The van der Waals surface area contributed by atoms with E-state index in [0.717, 1.165) is 0 Å². The molecule has 0 atom stereocenters. The molecule has 0 saturated heterocycles. The van der Waals surface area contributed by atoms with Gasteiger partial charge in [0.2, 0.25) is 11.6 Å².